The van der Waals surface area contributed by atoms with Gasteiger partial charge in [0.2, 0.25) is 0 Å². The van der Waals surface area contributed by atoms with E-state index < -0.39 is 0 Å². The van der Waals surface area contributed by atoms with E-state index in [0.717, 1.165) is 43.5 Å². The first-order valence-corrected chi connectivity index (χ1v) is 8.06. The van der Waals surface area contributed by atoms with E-state index in [2.05, 4.69) is 34.0 Å². The molecule has 1 N–H and O–H groups in total. The first kappa shape index (κ1) is 15.1. The van der Waals surface area contributed by atoms with Gasteiger partial charge in [-0.2, -0.15) is 0 Å². The Kier molecular flexibility index (Phi) is 5.62. The molecule has 0 saturated carbocycles. The Bertz CT molecular complexity index is 411. The first-order valence-electron chi connectivity index (χ1n) is 8.06. The monoisotopic (exact) mass is 276 g/mol. The first-order chi connectivity index (χ1) is 9.80. The Balaban J connectivity index is 2.12. The van der Waals surface area contributed by atoms with Gasteiger partial charge in [0.05, 0.1) is 0 Å². The lowest BCUT2D eigenvalue weighted by Crippen LogP contribution is -2.35. The van der Waals surface area contributed by atoms with Gasteiger partial charge in [0.25, 0.3) is 0 Å². The molecule has 2 rings (SSSR count). The quantitative estimate of drug-likeness (QED) is 0.863. The van der Waals surface area contributed by atoms with Crippen LogP contribution in [0.1, 0.15) is 51.5 Å². The Morgan fingerprint density at radius 1 is 1.20 bits per heavy atom. The highest BCUT2D eigenvalue weighted by Crippen LogP contribution is 2.29. The van der Waals surface area contributed by atoms with E-state index >= 15 is 0 Å². The number of nitrogens with zero attached hydrogens (tertiary/aromatic N) is 3. The van der Waals surface area contributed by atoms with Crippen LogP contribution in [-0.2, 0) is 6.42 Å². The minimum absolute atomic E-state index is 0.913. The topological polar surface area (TPSA) is 41.1 Å². The van der Waals surface area contributed by atoms with Crippen LogP contribution >= 0.6 is 0 Å². The summed E-state index contributed by atoms with van der Waals surface area (Å²) in [6.07, 6.45) is 9.15. The van der Waals surface area contributed by atoms with Crippen LogP contribution < -0.4 is 10.2 Å². The molecule has 1 aromatic rings. The van der Waals surface area contributed by atoms with Crippen molar-refractivity contribution in [3.8, 4) is 0 Å². The van der Waals surface area contributed by atoms with Crippen molar-refractivity contribution in [3.05, 3.63) is 11.9 Å². The molecule has 1 aromatic heterocycles. The third kappa shape index (κ3) is 3.41. The molecule has 0 aromatic carbocycles. The Morgan fingerprint density at radius 3 is 2.55 bits per heavy atom. The van der Waals surface area contributed by atoms with Gasteiger partial charge in [-0.1, -0.05) is 33.1 Å². The minimum Gasteiger partial charge on any atom is -0.373 e. The van der Waals surface area contributed by atoms with Gasteiger partial charge in [0.15, 0.2) is 0 Å². The second-order valence-electron chi connectivity index (χ2n) is 5.74. The molecule has 0 atom stereocenters. The van der Waals surface area contributed by atoms with Crippen molar-refractivity contribution in [1.29, 1.82) is 0 Å². The fraction of sp³-hybridized carbons (Fsp3) is 0.750. The molecule has 0 radical (unpaired) electrons. The molecular weight excluding hydrogens is 248 g/mol. The molecule has 112 valence electrons. The van der Waals surface area contributed by atoms with Crippen LogP contribution in [0, 0.1) is 5.92 Å². The molecule has 1 aliphatic heterocycles. The highest BCUT2D eigenvalue weighted by molar-refractivity contribution is 5.58. The predicted octanol–water partition coefficient (Wildman–Crippen LogP) is 3.49. The summed E-state index contributed by atoms with van der Waals surface area (Å²) in [6, 6.07) is 0. The zero-order chi connectivity index (χ0) is 14.4. The summed E-state index contributed by atoms with van der Waals surface area (Å²) in [4.78, 5) is 11.4. The maximum atomic E-state index is 4.58. The van der Waals surface area contributed by atoms with Gasteiger partial charge in [-0.05, 0) is 25.2 Å². The maximum Gasteiger partial charge on any atom is 0.137 e. The molecule has 1 saturated heterocycles. The molecule has 1 fully saturated rings. The van der Waals surface area contributed by atoms with Crippen LogP contribution in [0.15, 0.2) is 6.33 Å². The maximum absolute atomic E-state index is 4.58. The highest BCUT2D eigenvalue weighted by atomic mass is 15.2. The molecule has 1 aliphatic rings. The van der Waals surface area contributed by atoms with Crippen LogP contribution in [0.25, 0.3) is 0 Å². The van der Waals surface area contributed by atoms with Gasteiger partial charge in [0.1, 0.15) is 18.0 Å². The van der Waals surface area contributed by atoms with E-state index in [4.69, 9.17) is 0 Å². The average Bonchev–Trinajstić information content (AvgIpc) is 2.49. The molecule has 0 unspecified atom stereocenters. The third-order valence-corrected chi connectivity index (χ3v) is 4.27. The number of aromatic nitrogens is 2. The summed E-state index contributed by atoms with van der Waals surface area (Å²) >= 11 is 0. The average molecular weight is 276 g/mol. The molecule has 4 nitrogen and oxygen atoms in total. The molecule has 0 spiro atoms. The lowest BCUT2D eigenvalue weighted by atomic mass is 9.92. The predicted molar refractivity (Wildman–Crippen MR) is 85.4 cm³/mol. The van der Waals surface area contributed by atoms with Gasteiger partial charge in [-0.15, -0.1) is 0 Å². The zero-order valence-corrected chi connectivity index (χ0v) is 13.2. The van der Waals surface area contributed by atoms with Gasteiger partial charge in [0, 0.05) is 25.7 Å². The van der Waals surface area contributed by atoms with Crippen LogP contribution in [0.2, 0.25) is 0 Å². The van der Waals surface area contributed by atoms with E-state index in [1.54, 1.807) is 6.33 Å². The van der Waals surface area contributed by atoms with E-state index in [0.29, 0.717) is 0 Å². The lowest BCUT2D eigenvalue weighted by molar-refractivity contribution is 0.377. The summed E-state index contributed by atoms with van der Waals surface area (Å²) in [7, 11) is 1.94. The molecule has 0 aliphatic carbocycles. The van der Waals surface area contributed by atoms with Crippen LogP contribution in [-0.4, -0.2) is 30.1 Å². The normalized spacial score (nSPS) is 16.4. The van der Waals surface area contributed by atoms with Gasteiger partial charge in [-0.25, -0.2) is 9.97 Å². The molecule has 0 amide bonds. The highest BCUT2D eigenvalue weighted by Gasteiger charge is 2.22. The molecule has 20 heavy (non-hydrogen) atoms. The van der Waals surface area contributed by atoms with E-state index in [1.807, 2.05) is 7.05 Å². The number of nitrogens with one attached hydrogen (secondary N) is 1. The Morgan fingerprint density at radius 2 is 1.95 bits per heavy atom. The number of rotatable bonds is 6. The van der Waals surface area contributed by atoms with Gasteiger partial charge in [-0.3, -0.25) is 0 Å². The second kappa shape index (κ2) is 7.46. The fourth-order valence-electron chi connectivity index (χ4n) is 3.21. The molecular formula is C16H28N4. The number of piperidine rings is 1. The van der Waals surface area contributed by atoms with Crippen molar-refractivity contribution in [2.75, 3.05) is 30.4 Å². The van der Waals surface area contributed by atoms with Crippen molar-refractivity contribution in [2.24, 2.45) is 5.92 Å². The number of anilines is 2. The molecule has 0 bridgehead atoms. The standard InChI is InChI=1S/C16H28N4/c1-4-6-13-8-10-20(11-9-13)16-14(7-5-2)15(17-3)18-12-19-16/h12-13H,4-11H2,1-3H3,(H,17,18,19). The Hall–Kier alpha value is -1.32. The van der Waals surface area contributed by atoms with Crippen LogP contribution in [0.3, 0.4) is 0 Å². The summed E-state index contributed by atoms with van der Waals surface area (Å²) in [5, 5.41) is 3.21. The summed E-state index contributed by atoms with van der Waals surface area (Å²) < 4.78 is 0. The van der Waals surface area contributed by atoms with E-state index in [1.165, 1.54) is 31.2 Å². The van der Waals surface area contributed by atoms with Crippen molar-refractivity contribution in [3.63, 3.8) is 0 Å². The van der Waals surface area contributed by atoms with Gasteiger partial charge >= 0.3 is 0 Å². The van der Waals surface area contributed by atoms with Crippen LogP contribution in [0.4, 0.5) is 11.6 Å². The van der Waals surface area contributed by atoms with E-state index in [-0.39, 0.29) is 0 Å². The number of hydrogen-bond donors (Lipinski definition) is 1. The number of hydrogen-bond acceptors (Lipinski definition) is 4. The second-order valence-corrected chi connectivity index (χ2v) is 5.74. The lowest BCUT2D eigenvalue weighted by Gasteiger charge is -2.34. The summed E-state index contributed by atoms with van der Waals surface area (Å²) in [6.45, 7) is 6.78. The molecule has 2 heterocycles. The summed E-state index contributed by atoms with van der Waals surface area (Å²) in [5.41, 5.74) is 1.28. The smallest absolute Gasteiger partial charge is 0.137 e. The van der Waals surface area contributed by atoms with Crippen molar-refractivity contribution in [1.82, 2.24) is 9.97 Å². The SMILES string of the molecule is CCCc1c(NC)ncnc1N1CCC(CCC)CC1. The van der Waals surface area contributed by atoms with E-state index in [9.17, 15) is 0 Å². The van der Waals surface area contributed by atoms with Crippen molar-refractivity contribution in [2.45, 2.75) is 52.4 Å². The largest absolute Gasteiger partial charge is 0.373 e. The zero-order valence-electron chi connectivity index (χ0n) is 13.2. The fourth-order valence-corrected chi connectivity index (χ4v) is 3.21. The summed E-state index contributed by atoms with van der Waals surface area (Å²) in [5.74, 6) is 3.06. The van der Waals surface area contributed by atoms with Crippen molar-refractivity contribution >= 4 is 11.6 Å². The van der Waals surface area contributed by atoms with Gasteiger partial charge < -0.3 is 10.2 Å². The minimum atomic E-state index is 0.913. The van der Waals surface area contributed by atoms with Crippen LogP contribution in [0.5, 0.6) is 0 Å². The molecule has 4 heteroatoms. The Labute approximate surface area is 123 Å². The third-order valence-electron chi connectivity index (χ3n) is 4.27. The van der Waals surface area contributed by atoms with Crippen molar-refractivity contribution < 1.29 is 0 Å².